The summed E-state index contributed by atoms with van der Waals surface area (Å²) in [6, 6.07) is 26.3. The van der Waals surface area contributed by atoms with Gasteiger partial charge in [-0.2, -0.15) is 0 Å². The van der Waals surface area contributed by atoms with Gasteiger partial charge in [-0.05, 0) is 112 Å². The average Bonchev–Trinajstić information content (AvgIpc) is 2.87. The smallest absolute Gasteiger partial charge is 0.306 e. The minimum absolute atomic E-state index is 0.0990. The highest BCUT2D eigenvalue weighted by atomic mass is 16.5. The first-order chi connectivity index (χ1) is 18.3. The van der Waals surface area contributed by atoms with Crippen molar-refractivity contribution in [1.82, 2.24) is 0 Å². The minimum atomic E-state index is -0.218. The Bertz CT molecular complexity index is 1220. The van der Waals surface area contributed by atoms with Gasteiger partial charge in [-0.3, -0.25) is 4.79 Å². The van der Waals surface area contributed by atoms with Crippen LogP contribution in [0, 0.1) is 5.92 Å². The number of benzene rings is 3. The summed E-state index contributed by atoms with van der Waals surface area (Å²) in [4.78, 5) is 11.7. The molecule has 5 rings (SSSR count). The molecular formula is C34H40O4. The topological polar surface area (TPSA) is 44.8 Å². The molecule has 3 aromatic rings. The number of rotatable bonds is 8. The number of carbonyl (C=O) groups is 1. The summed E-state index contributed by atoms with van der Waals surface area (Å²) in [5, 5.41) is 0. The summed E-state index contributed by atoms with van der Waals surface area (Å²) in [7, 11) is 0. The molecule has 0 unspecified atom stereocenters. The molecule has 2 aliphatic carbocycles. The number of fused-ring (bicyclic) bond motifs is 1. The van der Waals surface area contributed by atoms with Crippen molar-refractivity contribution in [3.05, 3.63) is 95.1 Å². The second kappa shape index (κ2) is 11.2. The summed E-state index contributed by atoms with van der Waals surface area (Å²) in [6.45, 7) is 8.57. The molecule has 0 radical (unpaired) electrons. The fourth-order valence-corrected chi connectivity index (χ4v) is 6.02. The summed E-state index contributed by atoms with van der Waals surface area (Å²) in [5.74, 6) is 2.80. The van der Waals surface area contributed by atoms with Gasteiger partial charge in [-0.15, -0.1) is 0 Å². The van der Waals surface area contributed by atoms with Crippen molar-refractivity contribution in [3.63, 3.8) is 0 Å². The summed E-state index contributed by atoms with van der Waals surface area (Å²) >= 11 is 0. The first kappa shape index (κ1) is 26.3. The first-order valence-corrected chi connectivity index (χ1v) is 14.1. The maximum atomic E-state index is 11.7. The van der Waals surface area contributed by atoms with E-state index in [0.717, 1.165) is 37.2 Å². The van der Waals surface area contributed by atoms with Crippen LogP contribution in [0.3, 0.4) is 0 Å². The third kappa shape index (κ3) is 6.23. The van der Waals surface area contributed by atoms with Gasteiger partial charge in [0, 0.05) is 12.3 Å². The van der Waals surface area contributed by atoms with Crippen LogP contribution < -0.4 is 9.47 Å². The Labute approximate surface area is 227 Å². The van der Waals surface area contributed by atoms with Gasteiger partial charge in [-0.25, -0.2) is 0 Å². The lowest BCUT2D eigenvalue weighted by molar-refractivity contribution is -0.145. The van der Waals surface area contributed by atoms with Crippen molar-refractivity contribution < 1.29 is 19.0 Å². The van der Waals surface area contributed by atoms with Crippen LogP contribution in [0.25, 0.3) is 0 Å². The van der Waals surface area contributed by atoms with Crippen LogP contribution in [0.1, 0.15) is 87.5 Å². The van der Waals surface area contributed by atoms with Gasteiger partial charge >= 0.3 is 5.97 Å². The van der Waals surface area contributed by atoms with Crippen molar-refractivity contribution in [2.24, 2.45) is 5.92 Å². The van der Waals surface area contributed by atoms with Crippen LogP contribution in [0.15, 0.2) is 72.8 Å². The van der Waals surface area contributed by atoms with Crippen LogP contribution in [0.2, 0.25) is 0 Å². The van der Waals surface area contributed by atoms with E-state index in [4.69, 9.17) is 14.2 Å². The molecule has 0 saturated heterocycles. The third-order valence-corrected chi connectivity index (χ3v) is 7.72. The highest BCUT2D eigenvalue weighted by Crippen LogP contribution is 2.47. The maximum Gasteiger partial charge on any atom is 0.306 e. The molecule has 0 bridgehead atoms. The number of esters is 1. The van der Waals surface area contributed by atoms with E-state index < -0.39 is 0 Å². The Morgan fingerprint density at radius 2 is 1.61 bits per heavy atom. The van der Waals surface area contributed by atoms with Gasteiger partial charge in [0.1, 0.15) is 17.1 Å². The molecule has 3 aromatic carbocycles. The largest absolute Gasteiger partial charge is 0.490 e. The van der Waals surface area contributed by atoms with Crippen LogP contribution in [-0.4, -0.2) is 24.3 Å². The lowest BCUT2D eigenvalue weighted by Crippen LogP contribution is -2.35. The lowest BCUT2D eigenvalue weighted by Gasteiger charge is -2.36. The van der Waals surface area contributed by atoms with Gasteiger partial charge < -0.3 is 14.2 Å². The fraction of sp³-hybridized carbons (Fsp3) is 0.441. The summed E-state index contributed by atoms with van der Waals surface area (Å²) in [5.41, 5.74) is 5.25. The van der Waals surface area contributed by atoms with E-state index in [2.05, 4.69) is 93.6 Å². The van der Waals surface area contributed by atoms with E-state index in [1.54, 1.807) is 0 Å². The lowest BCUT2D eigenvalue weighted by atomic mass is 9.69. The molecule has 1 saturated carbocycles. The number of hydrogen-bond acceptors (Lipinski definition) is 4. The Hall–Kier alpha value is -3.27. The molecule has 0 aliphatic heterocycles. The molecule has 0 aromatic heterocycles. The van der Waals surface area contributed by atoms with Crippen molar-refractivity contribution in [1.29, 1.82) is 0 Å². The van der Waals surface area contributed by atoms with E-state index in [0.29, 0.717) is 24.9 Å². The second-order valence-electron chi connectivity index (χ2n) is 11.8. The Balaban J connectivity index is 1.34. The Kier molecular flexibility index (Phi) is 7.78. The molecular weight excluding hydrogens is 472 g/mol. The SMILES string of the molecule is CCOC(=O)CC1CC(Oc2ccc([C@@H]3c4ccc(OC(C)(C)C)cc4CC[C@@H]3c3ccccc3)cc2)C1. The van der Waals surface area contributed by atoms with Crippen LogP contribution in [0.4, 0.5) is 0 Å². The van der Waals surface area contributed by atoms with Gasteiger partial charge in [0.05, 0.1) is 12.7 Å². The van der Waals surface area contributed by atoms with Crippen LogP contribution in [0.5, 0.6) is 11.5 Å². The fourth-order valence-electron chi connectivity index (χ4n) is 6.02. The van der Waals surface area contributed by atoms with Crippen molar-refractivity contribution in [3.8, 4) is 11.5 Å². The molecule has 4 heteroatoms. The first-order valence-electron chi connectivity index (χ1n) is 14.1. The number of hydrogen-bond donors (Lipinski definition) is 0. The van der Waals surface area contributed by atoms with E-state index in [9.17, 15) is 4.79 Å². The van der Waals surface area contributed by atoms with Crippen molar-refractivity contribution in [2.75, 3.05) is 6.61 Å². The molecule has 200 valence electrons. The second-order valence-corrected chi connectivity index (χ2v) is 11.8. The van der Waals surface area contributed by atoms with Crippen molar-refractivity contribution >= 4 is 5.97 Å². The highest BCUT2D eigenvalue weighted by Gasteiger charge is 2.34. The standard InChI is InChI=1S/C34H40O4/c1-5-36-32(35)21-23-19-29(20-23)37-27-14-11-25(12-15-27)33-30(24-9-7-6-8-10-24)17-13-26-22-28(16-18-31(26)33)38-34(2,3)4/h6-12,14-16,18,22-23,29-30,33H,5,13,17,19-21H2,1-4H3/t23?,29?,30-,33+/m1/s1. The zero-order chi connectivity index (χ0) is 26.7. The van der Waals surface area contributed by atoms with E-state index in [-0.39, 0.29) is 23.6 Å². The zero-order valence-corrected chi connectivity index (χ0v) is 23.1. The zero-order valence-electron chi connectivity index (χ0n) is 23.1. The normalized spacial score (nSPS) is 22.6. The summed E-state index contributed by atoms with van der Waals surface area (Å²) in [6.07, 6.45) is 4.63. The van der Waals surface area contributed by atoms with E-state index >= 15 is 0 Å². The average molecular weight is 513 g/mol. The summed E-state index contributed by atoms with van der Waals surface area (Å²) < 4.78 is 17.5. The van der Waals surface area contributed by atoms with Gasteiger partial charge in [-0.1, -0.05) is 48.5 Å². The number of ether oxygens (including phenoxy) is 3. The van der Waals surface area contributed by atoms with Gasteiger partial charge in [0.25, 0.3) is 0 Å². The molecule has 2 aliphatic rings. The van der Waals surface area contributed by atoms with Crippen LogP contribution in [-0.2, 0) is 16.0 Å². The molecule has 0 heterocycles. The number of carbonyl (C=O) groups excluding carboxylic acids is 1. The molecule has 0 N–H and O–H groups in total. The third-order valence-electron chi connectivity index (χ3n) is 7.72. The highest BCUT2D eigenvalue weighted by molar-refractivity contribution is 5.69. The van der Waals surface area contributed by atoms with E-state index in [1.165, 1.54) is 22.3 Å². The van der Waals surface area contributed by atoms with Gasteiger partial charge in [0.2, 0.25) is 0 Å². The predicted octanol–water partition coefficient (Wildman–Crippen LogP) is 7.84. The molecule has 0 amide bonds. The van der Waals surface area contributed by atoms with Gasteiger partial charge in [0.15, 0.2) is 0 Å². The Morgan fingerprint density at radius 3 is 2.29 bits per heavy atom. The maximum absolute atomic E-state index is 11.7. The quantitative estimate of drug-likeness (QED) is 0.289. The van der Waals surface area contributed by atoms with Crippen molar-refractivity contribution in [2.45, 2.75) is 83.3 Å². The number of aryl methyl sites for hydroxylation is 1. The predicted molar refractivity (Wildman–Crippen MR) is 151 cm³/mol. The van der Waals surface area contributed by atoms with E-state index in [1.807, 2.05) is 6.92 Å². The monoisotopic (exact) mass is 512 g/mol. The molecule has 2 atom stereocenters. The molecule has 4 nitrogen and oxygen atoms in total. The van der Waals surface area contributed by atoms with Crippen LogP contribution >= 0.6 is 0 Å². The Morgan fingerprint density at radius 1 is 0.895 bits per heavy atom. The molecule has 38 heavy (non-hydrogen) atoms. The minimum Gasteiger partial charge on any atom is -0.490 e. The molecule has 0 spiro atoms. The molecule has 1 fully saturated rings.